The average molecular weight is 1640 g/mol. The van der Waals surface area contributed by atoms with Gasteiger partial charge in [-0.05, 0) is 149 Å². The van der Waals surface area contributed by atoms with E-state index in [0.29, 0.717) is 27.1 Å². The molecule has 48 heteroatoms. The average Bonchev–Trinajstić information content (AvgIpc) is 1.80. The molecule has 6 rings (SSSR count). The van der Waals surface area contributed by atoms with Crippen molar-refractivity contribution >= 4 is 194 Å². The summed E-state index contributed by atoms with van der Waals surface area (Å²) in [7, 11) is 0. The van der Waals surface area contributed by atoms with Gasteiger partial charge in [-0.25, -0.2) is 18.0 Å². The second-order valence-corrected chi connectivity index (χ2v) is 29.3. The number of unbranched alkanes of at least 4 members (excludes halogenated alkanes) is 5. The third-order valence-corrected chi connectivity index (χ3v) is 14.0. The molecule has 0 aliphatic heterocycles. The van der Waals surface area contributed by atoms with Gasteiger partial charge in [-0.1, -0.05) is 111 Å². The summed E-state index contributed by atoms with van der Waals surface area (Å²) in [4.78, 5) is 22.7. The van der Waals surface area contributed by atoms with E-state index in [1.165, 1.54) is 23.8 Å². The van der Waals surface area contributed by atoms with Crippen LogP contribution in [0.25, 0.3) is 27.4 Å². The minimum absolute atomic E-state index is 0. The van der Waals surface area contributed by atoms with Crippen LogP contribution in [0, 0.1) is 40.1 Å². The molecule has 530 valence electrons. The van der Waals surface area contributed by atoms with E-state index in [-0.39, 0.29) is 72.9 Å². The van der Waals surface area contributed by atoms with Gasteiger partial charge in [-0.2, -0.15) is 15.7 Å². The standard InChI is InChI=1S/C12H16ClN5O2S.C12H15ClN2O2S.C7H6ClFN2O3S.C7H4ClFN2O2S.C7H5ClFNO4S.C4H11N.Cl3OP.N3.Na/c1-2-3-4-5-8-6-10(13)11(16-21(19)20)7-9(8)12-14-17-18-15-12;1-2-3-4-5-9-6-11(13)12(15-18(16)17)7-10(9)8-14;8-4-2-5(9)3(7(10)12)1-6(4)11-15(13)14;8-5-2-6(9)4(3-10)1-7(5)11-14(12)13;8-4-2-5(9)3(7(11)12)1-6(4)10-15(13)14;1-2-3-4-5;1-5(2,3)4;1-3-2;/h6-7,16H,2-5H2,1H3,(H,19,20)(H,14,15,17,18);6-7,15H,2-5H2,1H3,(H,16,17);1-2,11H,(H2,10,12)(H,13,14);1-2,11H,(H,12,13);1-2,10H,(H,11,12)(H,13,14);2-5H2,1H3;;;/q;;;;;;;-1;+1/p-5. The third-order valence-electron chi connectivity index (χ3n) is 10.5. The fourth-order valence-corrected chi connectivity index (χ4v) is 9.57. The van der Waals surface area contributed by atoms with Crippen molar-refractivity contribution in [2.24, 2.45) is 11.5 Å². The number of aromatic amines is 1. The zero-order valence-electron chi connectivity index (χ0n) is 50.2. The zero-order valence-corrected chi connectivity index (χ0v) is 63.2. The molecule has 5 atom stereocenters. The quantitative estimate of drug-likeness (QED) is 0.00547. The van der Waals surface area contributed by atoms with E-state index < -0.39 is 102 Å². The number of hydrogen-bond donors (Lipinski definition) is 9. The van der Waals surface area contributed by atoms with Crippen molar-refractivity contribution in [1.82, 2.24) is 20.6 Å². The van der Waals surface area contributed by atoms with Crippen molar-refractivity contribution in [2.45, 2.75) is 85.0 Å². The Balaban J connectivity index is -0.00000109. The van der Waals surface area contributed by atoms with Gasteiger partial charge in [-0.3, -0.25) is 35.3 Å². The van der Waals surface area contributed by atoms with Crippen molar-refractivity contribution in [1.29, 1.82) is 10.5 Å². The fraction of sp³-hybridized carbons (Fsp3) is 0.286. The topological polar surface area (TPSA) is 545 Å². The Bertz CT molecular complexity index is 3730. The number of nitrogens with zero attached hydrogens (tertiary/aromatic N) is 8. The van der Waals surface area contributed by atoms with Gasteiger partial charge in [-0.15, -0.1) is 10.2 Å². The van der Waals surface area contributed by atoms with Crippen molar-refractivity contribution in [3.8, 4) is 23.5 Å². The first-order valence-electron chi connectivity index (χ1n) is 25.8. The van der Waals surface area contributed by atoms with E-state index in [1.807, 2.05) is 14.2 Å². The number of carboxylic acids is 1. The number of carbonyl (C=O) groups is 2. The number of nitrogens with two attached hydrogens (primary N) is 2. The Labute approximate surface area is 627 Å². The molecule has 30 nitrogen and oxygen atoms in total. The molecule has 1 heterocycles. The van der Waals surface area contributed by atoms with Crippen molar-refractivity contribution in [3.63, 3.8) is 0 Å². The molecule has 0 bridgehead atoms. The van der Waals surface area contributed by atoms with E-state index in [4.69, 9.17) is 96.2 Å². The summed E-state index contributed by atoms with van der Waals surface area (Å²) in [6.45, 7) is 7.21. The second-order valence-electron chi connectivity index (χ2n) is 17.3. The van der Waals surface area contributed by atoms with Gasteiger partial charge in [0.15, 0.2) is 0 Å². The molecule has 5 unspecified atom stereocenters. The van der Waals surface area contributed by atoms with E-state index in [0.717, 1.165) is 111 Å². The Hall–Kier alpha value is -4.75. The molecule has 0 aliphatic rings. The molecular weight excluding hydrogens is 1590 g/mol. The number of halogens is 11. The van der Waals surface area contributed by atoms with E-state index >= 15 is 0 Å². The molecule has 0 saturated heterocycles. The predicted molar refractivity (Wildman–Crippen MR) is 364 cm³/mol. The number of rotatable bonds is 23. The molecule has 1 aromatic heterocycles. The van der Waals surface area contributed by atoms with Gasteiger partial charge in [0.25, 0.3) is 5.91 Å². The smallest absolute Gasteiger partial charge is 0.755 e. The van der Waals surface area contributed by atoms with Gasteiger partial charge < -0.3 is 74.0 Å². The van der Waals surface area contributed by atoms with Crippen LogP contribution in [0.2, 0.25) is 25.1 Å². The number of amides is 1. The summed E-state index contributed by atoms with van der Waals surface area (Å²) in [5, 5.41) is 36.8. The minimum Gasteiger partial charge on any atom is -0.755 e. The largest absolute Gasteiger partial charge is 1.00 e. The number of primary amides is 1. The number of aromatic nitrogens is 4. The number of nitriles is 2. The molecule has 11 N–H and O–H groups in total. The van der Waals surface area contributed by atoms with Crippen LogP contribution in [-0.4, -0.2) is 88.0 Å². The maximum atomic E-state index is 13.1. The van der Waals surface area contributed by atoms with Crippen LogP contribution in [0.4, 0.5) is 41.6 Å². The number of anilines is 5. The molecule has 1 amide bonds. The third kappa shape index (κ3) is 42.8. The summed E-state index contributed by atoms with van der Waals surface area (Å²) in [5.41, 5.74) is 25.3. The summed E-state index contributed by atoms with van der Waals surface area (Å²) < 4.78 is 163. The van der Waals surface area contributed by atoms with Crippen LogP contribution in [0.5, 0.6) is 0 Å². The zero-order chi connectivity index (χ0) is 74.0. The Kier molecular flexibility index (Phi) is 52.8. The number of aryl methyl sites for hydroxylation is 2. The summed E-state index contributed by atoms with van der Waals surface area (Å²) in [6.07, 6.45) is 10.4. The number of aromatic carboxylic acids is 1. The van der Waals surface area contributed by atoms with Gasteiger partial charge in [0.05, 0.1) is 81.9 Å². The Morgan fingerprint density at radius 2 is 0.928 bits per heavy atom. The molecule has 5 aromatic carbocycles. The van der Waals surface area contributed by atoms with Crippen LogP contribution < -0.4 is 64.6 Å². The van der Waals surface area contributed by atoms with Crippen molar-refractivity contribution < 1.29 is 106 Å². The first-order valence-corrected chi connectivity index (χ1v) is 37.4. The Morgan fingerprint density at radius 1 is 0.598 bits per heavy atom. The number of tetrazole rings is 1. The van der Waals surface area contributed by atoms with Crippen molar-refractivity contribution in [3.05, 3.63) is 153 Å². The number of H-pyrrole nitrogens is 1. The summed E-state index contributed by atoms with van der Waals surface area (Å²) >= 11 is 29.7. The fourth-order valence-electron chi connectivity index (χ4n) is 6.49. The van der Waals surface area contributed by atoms with Crippen LogP contribution in [0.1, 0.15) is 115 Å². The number of carbonyl (C=O) groups excluding carboxylic acids is 1. The minimum atomic E-state index is -3.22. The summed E-state index contributed by atoms with van der Waals surface area (Å²) in [5.74, 6) is -4.84. The maximum Gasteiger partial charge on any atom is 1.00 e. The van der Waals surface area contributed by atoms with E-state index in [9.17, 15) is 71.1 Å². The Morgan fingerprint density at radius 3 is 1.26 bits per heavy atom. The summed E-state index contributed by atoms with van der Waals surface area (Å²) in [6, 6.07) is 15.3. The van der Waals surface area contributed by atoms with E-state index in [2.05, 4.69) is 90.6 Å². The van der Waals surface area contributed by atoms with Crippen LogP contribution in [-0.2, 0) is 73.7 Å². The second kappa shape index (κ2) is 53.2. The number of benzene rings is 5. The molecule has 0 saturated carbocycles. The number of hydrogen-bond acceptors (Lipinski definition) is 19. The predicted octanol–water partition coefficient (Wildman–Crippen LogP) is 10.8. The SMILES string of the molecule is CCCCCc1cc(Cl)c(NS(=O)[O-])cc1-c1nn[nH]n1.CCCCCc1cc(Cl)c(NS(=O)[O-])cc1C#N.CCCCN.N#Cc1cc(NS(=O)[O-])c(Cl)cc1F.NC(=O)c1cc(NS(=O)[O-])c(Cl)cc1F.O=C(O)c1cc(NS(=O)[O-])c(Cl)cc1F.O=P(Cl)(Cl)Cl.[N-]=[N+]=[N-].[Na+]. The normalized spacial score (nSPS) is 11.5. The first-order chi connectivity index (χ1) is 44.9. The van der Waals surface area contributed by atoms with Crippen LogP contribution >= 0.6 is 96.9 Å². The molecule has 0 spiro atoms. The first kappa shape index (κ1) is 96.4. The molecule has 0 aliphatic carbocycles. The molecule has 6 aromatic rings. The van der Waals surface area contributed by atoms with Crippen LogP contribution in [0.15, 0.2) is 60.7 Å². The molecule has 0 fully saturated rings. The van der Waals surface area contributed by atoms with Gasteiger partial charge in [0.1, 0.15) is 23.5 Å². The maximum absolute atomic E-state index is 13.1. The van der Waals surface area contributed by atoms with Gasteiger partial charge >= 0.3 is 40.7 Å². The van der Waals surface area contributed by atoms with Crippen molar-refractivity contribution in [2.75, 3.05) is 30.2 Å². The monoisotopic (exact) mass is 1640 g/mol. The van der Waals surface area contributed by atoms with Gasteiger partial charge in [0.2, 0.25) is 5.82 Å². The molecule has 0 radical (unpaired) electrons. The van der Waals surface area contributed by atoms with Gasteiger partial charge in [0, 0.05) is 61.9 Å². The molecule has 97 heavy (non-hydrogen) atoms. The van der Waals surface area contributed by atoms with Crippen LogP contribution in [0.3, 0.4) is 0 Å². The number of nitrogens with one attached hydrogen (secondary N) is 6. The van der Waals surface area contributed by atoms with E-state index in [1.54, 1.807) is 24.3 Å². The number of carboxylic acid groups (broad SMARTS) is 1. The molecular formula is C49H52Cl8F3N16NaO14PS5-5.